The Morgan fingerprint density at radius 1 is 1.00 bits per heavy atom. The van der Waals surface area contributed by atoms with Gasteiger partial charge in [-0.05, 0) is 49.6 Å². The van der Waals surface area contributed by atoms with E-state index in [0.29, 0.717) is 0 Å². The summed E-state index contributed by atoms with van der Waals surface area (Å²) in [6, 6.07) is 12.2. The highest BCUT2D eigenvalue weighted by molar-refractivity contribution is 7.89. The number of benzene rings is 2. The second-order valence-electron chi connectivity index (χ2n) is 9.11. The van der Waals surface area contributed by atoms with E-state index in [9.17, 15) is 22.8 Å². The van der Waals surface area contributed by atoms with Crippen LogP contribution >= 0.6 is 0 Å². The summed E-state index contributed by atoms with van der Waals surface area (Å²) in [4.78, 5) is 42.4. The molecular weight excluding hydrogens is 454 g/mol. The molecule has 1 heterocycles. The molecule has 0 radical (unpaired) electrons. The van der Waals surface area contributed by atoms with E-state index in [2.05, 4.69) is 0 Å². The summed E-state index contributed by atoms with van der Waals surface area (Å²) in [6.45, 7) is 2.23. The maximum atomic E-state index is 13.6. The van der Waals surface area contributed by atoms with E-state index in [4.69, 9.17) is 5.14 Å². The number of nitrogens with zero attached hydrogens (tertiary/aromatic N) is 2. The lowest BCUT2D eigenvalue weighted by molar-refractivity contribution is -0.143. The van der Waals surface area contributed by atoms with Crippen molar-refractivity contribution in [3.63, 3.8) is 0 Å². The molecule has 1 aliphatic heterocycles. The first-order valence-electron chi connectivity index (χ1n) is 11.5. The number of hydrogen-bond acceptors (Lipinski definition) is 5. The number of sulfonamides is 1. The lowest BCUT2D eigenvalue weighted by Gasteiger charge is -2.32. The molecule has 2 fully saturated rings. The van der Waals surface area contributed by atoms with Gasteiger partial charge in [-0.3, -0.25) is 14.4 Å². The van der Waals surface area contributed by atoms with Crippen molar-refractivity contribution in [1.29, 1.82) is 0 Å². The van der Waals surface area contributed by atoms with Crippen LogP contribution in [-0.4, -0.2) is 37.1 Å². The van der Waals surface area contributed by atoms with Crippen molar-refractivity contribution in [2.75, 3.05) is 4.90 Å². The Bertz CT molecular complexity index is 1190. The number of anilines is 1. The largest absolute Gasteiger partial charge is 0.326 e. The third-order valence-corrected chi connectivity index (χ3v) is 7.56. The molecule has 1 aliphatic carbocycles. The topological polar surface area (TPSA) is 118 Å². The summed E-state index contributed by atoms with van der Waals surface area (Å²) in [5, 5.41) is 5.14. The highest BCUT2D eigenvalue weighted by Crippen LogP contribution is 2.31. The number of nitrogens with two attached hydrogens (primary N) is 1. The molecule has 1 saturated heterocycles. The fourth-order valence-corrected chi connectivity index (χ4v) is 5.25. The van der Waals surface area contributed by atoms with E-state index >= 15 is 0 Å². The van der Waals surface area contributed by atoms with Crippen LogP contribution in [0.4, 0.5) is 5.69 Å². The molecule has 2 aromatic carbocycles. The molecule has 2 aromatic rings. The van der Waals surface area contributed by atoms with Crippen molar-refractivity contribution >= 4 is 33.4 Å². The zero-order chi connectivity index (χ0) is 24.5. The highest BCUT2D eigenvalue weighted by Gasteiger charge is 2.45. The van der Waals surface area contributed by atoms with Crippen molar-refractivity contribution in [1.82, 2.24) is 4.90 Å². The number of amides is 3. The third kappa shape index (κ3) is 5.05. The molecule has 1 unspecified atom stereocenters. The number of carbonyl (C=O) groups excluding carboxylic acids is 3. The van der Waals surface area contributed by atoms with Crippen LogP contribution < -0.4 is 10.0 Å². The van der Waals surface area contributed by atoms with Crippen molar-refractivity contribution in [2.24, 2.45) is 11.1 Å². The standard InChI is InChI=1S/C25H29N3O5S/c1-17-7-9-18(10-8-17)16-27(24(30)19-5-3-2-4-6-19)22-15-23(29)28(25(22)31)20-11-13-21(14-12-20)34(26,32)33/h7-14,19,22H,2-6,15-16H2,1H3,(H2,26,32,33). The van der Waals surface area contributed by atoms with Gasteiger partial charge >= 0.3 is 0 Å². The minimum atomic E-state index is -3.90. The van der Waals surface area contributed by atoms with Crippen molar-refractivity contribution in [3.8, 4) is 0 Å². The quantitative estimate of drug-likeness (QED) is 0.634. The summed E-state index contributed by atoms with van der Waals surface area (Å²) in [5.41, 5.74) is 2.24. The lowest BCUT2D eigenvalue weighted by Crippen LogP contribution is -2.47. The average Bonchev–Trinajstić information content (AvgIpc) is 3.12. The van der Waals surface area contributed by atoms with E-state index in [1.807, 2.05) is 31.2 Å². The zero-order valence-corrected chi connectivity index (χ0v) is 20.0. The maximum Gasteiger partial charge on any atom is 0.257 e. The number of rotatable bonds is 6. The van der Waals surface area contributed by atoms with Crippen LogP contribution in [0.5, 0.6) is 0 Å². The normalized spacial score (nSPS) is 19.5. The molecule has 9 heteroatoms. The molecule has 2 aliphatic rings. The Morgan fingerprint density at radius 2 is 1.62 bits per heavy atom. The van der Waals surface area contributed by atoms with Gasteiger partial charge in [0.25, 0.3) is 5.91 Å². The van der Waals surface area contributed by atoms with Crippen LogP contribution in [0.15, 0.2) is 53.4 Å². The van der Waals surface area contributed by atoms with E-state index in [1.54, 1.807) is 4.90 Å². The molecule has 2 N–H and O–H groups in total. The Kier molecular flexibility index (Phi) is 6.86. The van der Waals surface area contributed by atoms with E-state index in [0.717, 1.165) is 48.1 Å². The van der Waals surface area contributed by atoms with Gasteiger partial charge in [0.1, 0.15) is 6.04 Å². The second kappa shape index (κ2) is 9.68. The first kappa shape index (κ1) is 24.1. The van der Waals surface area contributed by atoms with Gasteiger partial charge in [0, 0.05) is 12.5 Å². The van der Waals surface area contributed by atoms with Gasteiger partial charge < -0.3 is 4.90 Å². The molecule has 0 bridgehead atoms. The minimum Gasteiger partial charge on any atom is -0.326 e. The monoisotopic (exact) mass is 483 g/mol. The van der Waals surface area contributed by atoms with Crippen molar-refractivity contribution in [2.45, 2.75) is 62.9 Å². The Balaban J connectivity index is 1.62. The van der Waals surface area contributed by atoms with E-state index < -0.39 is 27.9 Å². The minimum absolute atomic E-state index is 0.0853. The van der Waals surface area contributed by atoms with Crippen molar-refractivity contribution in [3.05, 3.63) is 59.7 Å². The Hall–Kier alpha value is -3.04. The molecule has 34 heavy (non-hydrogen) atoms. The maximum absolute atomic E-state index is 13.6. The molecule has 1 atom stereocenters. The Labute approximate surface area is 199 Å². The van der Waals surface area contributed by atoms with Crippen LogP contribution in [0.3, 0.4) is 0 Å². The van der Waals surface area contributed by atoms with Gasteiger partial charge in [-0.2, -0.15) is 0 Å². The van der Waals surface area contributed by atoms with Gasteiger partial charge in [-0.15, -0.1) is 0 Å². The molecule has 180 valence electrons. The van der Waals surface area contributed by atoms with Crippen molar-refractivity contribution < 1.29 is 22.8 Å². The van der Waals surface area contributed by atoms with E-state index in [1.165, 1.54) is 24.3 Å². The molecule has 0 aromatic heterocycles. The van der Waals surface area contributed by atoms with Crippen LogP contribution in [-0.2, 0) is 31.0 Å². The van der Waals surface area contributed by atoms with E-state index in [-0.39, 0.29) is 35.4 Å². The molecule has 4 rings (SSSR count). The molecule has 3 amide bonds. The fourth-order valence-electron chi connectivity index (χ4n) is 4.73. The number of hydrogen-bond donors (Lipinski definition) is 1. The SMILES string of the molecule is Cc1ccc(CN(C(=O)C2CCCCC2)C2CC(=O)N(c3ccc(S(N)(=O)=O)cc3)C2=O)cc1. The second-order valence-corrected chi connectivity index (χ2v) is 10.7. The van der Waals surface area contributed by atoms with Gasteiger partial charge in [-0.1, -0.05) is 49.1 Å². The highest BCUT2D eigenvalue weighted by atomic mass is 32.2. The predicted molar refractivity (Wildman–Crippen MR) is 127 cm³/mol. The predicted octanol–water partition coefficient (Wildman–Crippen LogP) is 2.88. The molecule has 8 nitrogen and oxygen atoms in total. The van der Waals surface area contributed by atoms with Gasteiger partial charge in [0.05, 0.1) is 17.0 Å². The third-order valence-electron chi connectivity index (χ3n) is 6.63. The molecule has 1 saturated carbocycles. The first-order valence-corrected chi connectivity index (χ1v) is 13.1. The summed E-state index contributed by atoms with van der Waals surface area (Å²) in [6.07, 6.45) is 4.53. The summed E-state index contributed by atoms with van der Waals surface area (Å²) >= 11 is 0. The lowest BCUT2D eigenvalue weighted by atomic mass is 9.87. The van der Waals surface area contributed by atoms with Crippen LogP contribution in [0.1, 0.15) is 49.7 Å². The van der Waals surface area contributed by atoms with Crippen LogP contribution in [0.2, 0.25) is 0 Å². The number of carbonyl (C=O) groups is 3. The summed E-state index contributed by atoms with van der Waals surface area (Å²) in [5.74, 6) is -1.14. The summed E-state index contributed by atoms with van der Waals surface area (Å²) in [7, 11) is -3.90. The number of imide groups is 1. The summed E-state index contributed by atoms with van der Waals surface area (Å²) < 4.78 is 23.1. The van der Waals surface area contributed by atoms with Gasteiger partial charge in [0.15, 0.2) is 0 Å². The number of primary sulfonamides is 1. The fraction of sp³-hybridized carbons (Fsp3) is 0.400. The smallest absolute Gasteiger partial charge is 0.257 e. The van der Waals surface area contributed by atoms with Crippen LogP contribution in [0, 0.1) is 12.8 Å². The first-order chi connectivity index (χ1) is 16.1. The van der Waals surface area contributed by atoms with Gasteiger partial charge in [0.2, 0.25) is 21.8 Å². The van der Waals surface area contributed by atoms with Gasteiger partial charge in [-0.25, -0.2) is 18.5 Å². The zero-order valence-electron chi connectivity index (χ0n) is 19.1. The Morgan fingerprint density at radius 3 is 2.21 bits per heavy atom. The number of aryl methyl sites for hydroxylation is 1. The average molecular weight is 484 g/mol. The molecular formula is C25H29N3O5S. The molecule has 0 spiro atoms. The van der Waals surface area contributed by atoms with Crippen LogP contribution in [0.25, 0.3) is 0 Å².